The van der Waals surface area contributed by atoms with E-state index in [9.17, 15) is 4.79 Å². The number of thiophene rings is 1. The highest BCUT2D eigenvalue weighted by molar-refractivity contribution is 7.08. The third-order valence-corrected chi connectivity index (χ3v) is 2.30. The molecule has 13 heavy (non-hydrogen) atoms. The van der Waals surface area contributed by atoms with Gasteiger partial charge >= 0.3 is 0 Å². The molecule has 0 atom stereocenters. The number of hydrogen-bond acceptors (Lipinski definition) is 4. The molecule has 0 radical (unpaired) electrons. The van der Waals surface area contributed by atoms with Crippen molar-refractivity contribution >= 4 is 17.0 Å². The molecule has 0 saturated carbocycles. The van der Waals surface area contributed by atoms with Crippen LogP contribution >= 0.6 is 11.3 Å². The van der Waals surface area contributed by atoms with E-state index in [0.29, 0.717) is 5.82 Å². The van der Waals surface area contributed by atoms with Gasteiger partial charge in [-0.15, -0.1) is 0 Å². The van der Waals surface area contributed by atoms with Crippen molar-refractivity contribution in [2.45, 2.75) is 0 Å². The first-order chi connectivity index (χ1) is 6.27. The van der Waals surface area contributed by atoms with Crippen LogP contribution < -0.4 is 11.3 Å². The van der Waals surface area contributed by atoms with Crippen molar-refractivity contribution in [3.8, 4) is 11.4 Å². The second-order valence-electron chi connectivity index (χ2n) is 2.53. The van der Waals surface area contributed by atoms with Gasteiger partial charge in [0.1, 0.15) is 11.5 Å². The third-order valence-electron chi connectivity index (χ3n) is 1.62. The van der Waals surface area contributed by atoms with Gasteiger partial charge in [0, 0.05) is 10.9 Å². The molecule has 0 amide bonds. The summed E-state index contributed by atoms with van der Waals surface area (Å²) in [5.41, 5.74) is 6.09. The zero-order valence-corrected chi connectivity index (χ0v) is 7.47. The molecule has 0 saturated heterocycles. The molecule has 0 fully saturated rings. The Bertz CT molecular complexity index is 460. The Morgan fingerprint density at radius 2 is 2.38 bits per heavy atom. The Morgan fingerprint density at radius 1 is 1.54 bits per heavy atom. The fourth-order valence-corrected chi connectivity index (χ4v) is 1.59. The van der Waals surface area contributed by atoms with Crippen molar-refractivity contribution < 1.29 is 0 Å². The van der Waals surface area contributed by atoms with Crippen LogP contribution in [0.2, 0.25) is 0 Å². The van der Waals surface area contributed by atoms with Crippen molar-refractivity contribution in [1.82, 2.24) is 9.97 Å². The molecule has 4 nitrogen and oxygen atoms in total. The van der Waals surface area contributed by atoms with Gasteiger partial charge in [0.15, 0.2) is 0 Å². The van der Waals surface area contributed by atoms with Crippen LogP contribution in [0.1, 0.15) is 0 Å². The highest BCUT2D eigenvalue weighted by Gasteiger charge is 2.01. The van der Waals surface area contributed by atoms with Gasteiger partial charge in [0.05, 0.1) is 6.20 Å². The predicted octanol–water partition coefficient (Wildman–Crippen LogP) is 1.08. The smallest absolute Gasteiger partial charge is 0.274 e. The fourth-order valence-electron chi connectivity index (χ4n) is 0.951. The molecular formula is C8H7N3OS. The standard InChI is InChI=1S/C8H7N3OS/c9-6-3-10-7(11-8(6)12)5-1-2-13-4-5/h1-4H,9H2,(H,10,11,12). The van der Waals surface area contributed by atoms with Crippen LogP contribution in [0.3, 0.4) is 0 Å². The Hall–Kier alpha value is -1.62. The first-order valence-corrected chi connectivity index (χ1v) is 4.59. The summed E-state index contributed by atoms with van der Waals surface area (Å²) in [6, 6.07) is 1.89. The number of nitrogens with two attached hydrogens (primary N) is 1. The van der Waals surface area contributed by atoms with E-state index < -0.39 is 0 Å². The van der Waals surface area contributed by atoms with Crippen molar-refractivity contribution in [2.24, 2.45) is 0 Å². The minimum atomic E-state index is -0.295. The lowest BCUT2D eigenvalue weighted by Crippen LogP contribution is -2.12. The predicted molar refractivity (Wildman–Crippen MR) is 52.6 cm³/mol. The van der Waals surface area contributed by atoms with Crippen LogP contribution in [-0.4, -0.2) is 9.97 Å². The second-order valence-corrected chi connectivity index (χ2v) is 3.31. The number of nitrogen functional groups attached to an aromatic ring is 1. The number of nitrogens with one attached hydrogen (secondary N) is 1. The van der Waals surface area contributed by atoms with E-state index in [4.69, 9.17) is 5.73 Å². The van der Waals surface area contributed by atoms with E-state index in [1.165, 1.54) is 6.20 Å². The molecule has 2 aromatic rings. The quantitative estimate of drug-likeness (QED) is 0.711. The van der Waals surface area contributed by atoms with Crippen LogP contribution in [0, 0.1) is 0 Å². The van der Waals surface area contributed by atoms with Crippen molar-refractivity contribution in [2.75, 3.05) is 5.73 Å². The first-order valence-electron chi connectivity index (χ1n) is 3.65. The van der Waals surface area contributed by atoms with Crippen molar-refractivity contribution in [3.05, 3.63) is 33.4 Å². The highest BCUT2D eigenvalue weighted by Crippen LogP contribution is 2.16. The summed E-state index contributed by atoms with van der Waals surface area (Å²) in [4.78, 5) is 17.7. The largest absolute Gasteiger partial charge is 0.393 e. The number of aromatic amines is 1. The summed E-state index contributed by atoms with van der Waals surface area (Å²) in [6.07, 6.45) is 1.37. The van der Waals surface area contributed by atoms with E-state index in [-0.39, 0.29) is 11.2 Å². The molecule has 2 rings (SSSR count). The Labute approximate surface area is 78.1 Å². The van der Waals surface area contributed by atoms with Crippen LogP contribution in [0.25, 0.3) is 11.4 Å². The van der Waals surface area contributed by atoms with Crippen LogP contribution in [0.15, 0.2) is 27.8 Å². The van der Waals surface area contributed by atoms with Crippen LogP contribution in [0.4, 0.5) is 5.69 Å². The molecule has 0 bridgehead atoms. The summed E-state index contributed by atoms with van der Waals surface area (Å²) in [7, 11) is 0. The van der Waals surface area contributed by atoms with Crippen molar-refractivity contribution in [3.63, 3.8) is 0 Å². The van der Waals surface area contributed by atoms with E-state index >= 15 is 0 Å². The summed E-state index contributed by atoms with van der Waals surface area (Å²) < 4.78 is 0. The summed E-state index contributed by atoms with van der Waals surface area (Å²) in [5, 5.41) is 3.83. The molecule has 2 heterocycles. The molecule has 0 aliphatic rings. The average Bonchev–Trinajstić information content (AvgIpc) is 2.62. The minimum Gasteiger partial charge on any atom is -0.393 e. The van der Waals surface area contributed by atoms with Gasteiger partial charge in [-0.25, -0.2) is 4.98 Å². The number of nitrogens with zero attached hydrogens (tertiary/aromatic N) is 1. The maximum absolute atomic E-state index is 11.1. The number of rotatable bonds is 1. The topological polar surface area (TPSA) is 71.8 Å². The van der Waals surface area contributed by atoms with E-state index in [1.807, 2.05) is 16.8 Å². The fraction of sp³-hybridized carbons (Fsp3) is 0. The molecular weight excluding hydrogens is 186 g/mol. The first kappa shape index (κ1) is 8.00. The molecule has 2 aromatic heterocycles. The van der Waals surface area contributed by atoms with Gasteiger partial charge in [-0.2, -0.15) is 11.3 Å². The summed E-state index contributed by atoms with van der Waals surface area (Å²) in [6.45, 7) is 0. The molecule has 66 valence electrons. The lowest BCUT2D eigenvalue weighted by molar-refractivity contribution is 1.14. The van der Waals surface area contributed by atoms with Gasteiger partial charge in [0.25, 0.3) is 5.56 Å². The van der Waals surface area contributed by atoms with E-state index in [0.717, 1.165) is 5.56 Å². The number of anilines is 1. The average molecular weight is 193 g/mol. The third kappa shape index (κ3) is 1.46. The Balaban J connectivity index is 2.55. The molecule has 0 spiro atoms. The van der Waals surface area contributed by atoms with Gasteiger partial charge in [-0.1, -0.05) is 0 Å². The zero-order valence-electron chi connectivity index (χ0n) is 6.65. The lowest BCUT2D eigenvalue weighted by atomic mass is 10.3. The van der Waals surface area contributed by atoms with Crippen molar-refractivity contribution in [1.29, 1.82) is 0 Å². The van der Waals surface area contributed by atoms with Crippen LogP contribution in [-0.2, 0) is 0 Å². The molecule has 0 unspecified atom stereocenters. The molecule has 0 aliphatic carbocycles. The highest BCUT2D eigenvalue weighted by atomic mass is 32.1. The zero-order chi connectivity index (χ0) is 9.26. The SMILES string of the molecule is Nc1cnc(-c2ccsc2)[nH]c1=O. The normalized spacial score (nSPS) is 10.2. The monoisotopic (exact) mass is 193 g/mol. The lowest BCUT2D eigenvalue weighted by Gasteiger charge is -1.96. The molecule has 5 heteroatoms. The molecule has 0 aromatic carbocycles. The van der Waals surface area contributed by atoms with E-state index in [2.05, 4.69) is 9.97 Å². The second kappa shape index (κ2) is 3.02. The van der Waals surface area contributed by atoms with Crippen LogP contribution in [0.5, 0.6) is 0 Å². The summed E-state index contributed by atoms with van der Waals surface area (Å²) >= 11 is 1.55. The van der Waals surface area contributed by atoms with Gasteiger partial charge < -0.3 is 10.7 Å². The number of H-pyrrole nitrogens is 1. The molecule has 0 aliphatic heterocycles. The Kier molecular flexibility index (Phi) is 1.86. The number of aromatic nitrogens is 2. The maximum Gasteiger partial charge on any atom is 0.274 e. The summed E-state index contributed by atoms with van der Waals surface area (Å²) in [5.74, 6) is 0.556. The number of hydrogen-bond donors (Lipinski definition) is 2. The van der Waals surface area contributed by atoms with Gasteiger partial charge in [0.2, 0.25) is 0 Å². The van der Waals surface area contributed by atoms with Gasteiger partial charge in [-0.05, 0) is 11.4 Å². The maximum atomic E-state index is 11.1. The Morgan fingerprint density at radius 3 is 3.00 bits per heavy atom. The van der Waals surface area contributed by atoms with E-state index in [1.54, 1.807) is 11.3 Å². The van der Waals surface area contributed by atoms with Gasteiger partial charge in [-0.3, -0.25) is 4.79 Å². The molecule has 3 N–H and O–H groups in total. The minimum absolute atomic E-state index is 0.138.